The molecule has 1 rings (SSSR count). The van der Waals surface area contributed by atoms with Gasteiger partial charge in [0.15, 0.2) is 0 Å². The summed E-state index contributed by atoms with van der Waals surface area (Å²) in [5.41, 5.74) is 0. The van der Waals surface area contributed by atoms with Crippen molar-refractivity contribution in [2.75, 3.05) is 19.6 Å². The van der Waals surface area contributed by atoms with Gasteiger partial charge in [0.1, 0.15) is 0 Å². The van der Waals surface area contributed by atoms with E-state index in [2.05, 4.69) is 11.8 Å². The second-order valence-corrected chi connectivity index (χ2v) is 3.53. The van der Waals surface area contributed by atoms with Crippen molar-refractivity contribution in [2.45, 2.75) is 38.7 Å². The molecule has 1 saturated heterocycles. The van der Waals surface area contributed by atoms with Gasteiger partial charge in [-0.25, -0.2) is 5.90 Å². The zero-order valence-electron chi connectivity index (χ0n) is 7.96. The highest BCUT2D eigenvalue weighted by Crippen LogP contribution is 2.12. The minimum absolute atomic E-state index is 0.308. The van der Waals surface area contributed by atoms with E-state index >= 15 is 0 Å². The number of nitrogens with two attached hydrogens (primary N) is 1. The van der Waals surface area contributed by atoms with E-state index in [-0.39, 0.29) is 0 Å². The van der Waals surface area contributed by atoms with Crippen molar-refractivity contribution < 1.29 is 4.84 Å². The topological polar surface area (TPSA) is 38.5 Å². The van der Waals surface area contributed by atoms with E-state index in [0.717, 1.165) is 25.9 Å². The minimum atomic E-state index is 0.308. The van der Waals surface area contributed by atoms with Gasteiger partial charge in [0.05, 0.1) is 6.10 Å². The molecule has 72 valence electrons. The molecule has 1 fully saturated rings. The predicted octanol–water partition coefficient (Wildman–Crippen LogP) is 1.14. The Morgan fingerprint density at radius 1 is 1.42 bits per heavy atom. The van der Waals surface area contributed by atoms with Crippen molar-refractivity contribution in [3.05, 3.63) is 0 Å². The molecule has 1 aliphatic heterocycles. The molecule has 2 N–H and O–H groups in total. The summed E-state index contributed by atoms with van der Waals surface area (Å²) >= 11 is 0. The van der Waals surface area contributed by atoms with Gasteiger partial charge in [-0.05, 0) is 25.8 Å². The molecule has 3 nitrogen and oxygen atoms in total. The van der Waals surface area contributed by atoms with Crippen LogP contribution in [-0.4, -0.2) is 30.6 Å². The molecule has 0 amide bonds. The van der Waals surface area contributed by atoms with Crippen LogP contribution in [0.2, 0.25) is 0 Å². The molecule has 0 radical (unpaired) electrons. The third kappa shape index (κ3) is 3.09. The quantitative estimate of drug-likeness (QED) is 0.646. The fraction of sp³-hybridized carbons (Fsp3) is 1.00. The summed E-state index contributed by atoms with van der Waals surface area (Å²) in [5.74, 6) is 5.13. The van der Waals surface area contributed by atoms with Gasteiger partial charge in [-0.3, -0.25) is 0 Å². The molecule has 12 heavy (non-hydrogen) atoms. The summed E-state index contributed by atoms with van der Waals surface area (Å²) in [7, 11) is 0. The number of piperidine rings is 1. The summed E-state index contributed by atoms with van der Waals surface area (Å²) in [5, 5.41) is 0. The van der Waals surface area contributed by atoms with E-state index in [1.807, 2.05) is 0 Å². The Labute approximate surface area is 74.8 Å². The molecule has 0 aliphatic carbocycles. The summed E-state index contributed by atoms with van der Waals surface area (Å²) in [6, 6.07) is 0. The molecule has 3 heteroatoms. The van der Waals surface area contributed by atoms with E-state index < -0.39 is 0 Å². The molecule has 0 aromatic heterocycles. The third-order valence-corrected chi connectivity index (χ3v) is 2.55. The lowest BCUT2D eigenvalue weighted by Gasteiger charge is -2.30. The molecule has 0 unspecified atom stereocenters. The summed E-state index contributed by atoms with van der Waals surface area (Å²) < 4.78 is 0. The average Bonchev–Trinajstić information content (AvgIpc) is 2.15. The van der Waals surface area contributed by atoms with Gasteiger partial charge in [0.25, 0.3) is 0 Å². The van der Waals surface area contributed by atoms with Crippen LogP contribution in [0.5, 0.6) is 0 Å². The van der Waals surface area contributed by atoms with Gasteiger partial charge in [-0.1, -0.05) is 13.3 Å². The Bertz CT molecular complexity index is 111. The summed E-state index contributed by atoms with van der Waals surface area (Å²) in [4.78, 5) is 7.32. The number of nitrogens with zero attached hydrogens (tertiary/aromatic N) is 1. The van der Waals surface area contributed by atoms with E-state index in [0.29, 0.717) is 6.10 Å². The maximum absolute atomic E-state index is 5.13. The molecule has 1 heterocycles. The zero-order chi connectivity index (χ0) is 8.81. The number of likely N-dealkylation sites (tertiary alicyclic amines) is 1. The number of rotatable bonds is 4. The molecule has 0 bridgehead atoms. The SMILES string of the molecule is CCCCN1CCC(ON)CC1. The zero-order valence-corrected chi connectivity index (χ0v) is 7.96. The highest BCUT2D eigenvalue weighted by molar-refractivity contribution is 4.71. The van der Waals surface area contributed by atoms with Crippen LogP contribution in [0.15, 0.2) is 0 Å². The Morgan fingerprint density at radius 3 is 2.58 bits per heavy atom. The lowest BCUT2D eigenvalue weighted by molar-refractivity contribution is 0.00642. The summed E-state index contributed by atoms with van der Waals surface area (Å²) in [6.45, 7) is 5.78. The van der Waals surface area contributed by atoms with E-state index in [9.17, 15) is 0 Å². The van der Waals surface area contributed by atoms with E-state index in [1.54, 1.807) is 0 Å². The van der Waals surface area contributed by atoms with E-state index in [1.165, 1.54) is 19.4 Å². The van der Waals surface area contributed by atoms with Crippen LogP contribution in [-0.2, 0) is 4.84 Å². The molecule has 0 saturated carbocycles. The summed E-state index contributed by atoms with van der Waals surface area (Å²) in [6.07, 6.45) is 5.10. The molecule has 0 aromatic carbocycles. The van der Waals surface area contributed by atoms with Gasteiger partial charge in [-0.15, -0.1) is 0 Å². The second kappa shape index (κ2) is 5.51. The van der Waals surface area contributed by atoms with Gasteiger partial charge in [-0.2, -0.15) is 0 Å². The van der Waals surface area contributed by atoms with Crippen LogP contribution in [0.3, 0.4) is 0 Å². The molecular weight excluding hydrogens is 152 g/mol. The smallest absolute Gasteiger partial charge is 0.0811 e. The van der Waals surface area contributed by atoms with Gasteiger partial charge >= 0.3 is 0 Å². The van der Waals surface area contributed by atoms with Crippen molar-refractivity contribution in [1.29, 1.82) is 0 Å². The lowest BCUT2D eigenvalue weighted by Crippen LogP contribution is -2.38. The predicted molar refractivity (Wildman–Crippen MR) is 49.6 cm³/mol. The van der Waals surface area contributed by atoms with Crippen LogP contribution >= 0.6 is 0 Å². The van der Waals surface area contributed by atoms with Crippen LogP contribution in [0.25, 0.3) is 0 Å². The first-order valence-electron chi connectivity index (χ1n) is 4.94. The highest BCUT2D eigenvalue weighted by Gasteiger charge is 2.17. The second-order valence-electron chi connectivity index (χ2n) is 3.53. The first kappa shape index (κ1) is 9.96. The molecule has 1 aliphatic rings. The maximum Gasteiger partial charge on any atom is 0.0811 e. The number of hydrogen-bond donors (Lipinski definition) is 1. The van der Waals surface area contributed by atoms with Crippen LogP contribution in [0, 0.1) is 0 Å². The van der Waals surface area contributed by atoms with Crippen LogP contribution < -0.4 is 5.90 Å². The van der Waals surface area contributed by atoms with Crippen LogP contribution in [0.4, 0.5) is 0 Å². The first-order chi connectivity index (χ1) is 5.86. The van der Waals surface area contributed by atoms with Crippen LogP contribution in [0.1, 0.15) is 32.6 Å². The van der Waals surface area contributed by atoms with Crippen molar-refractivity contribution in [3.8, 4) is 0 Å². The van der Waals surface area contributed by atoms with Gasteiger partial charge < -0.3 is 9.74 Å². The van der Waals surface area contributed by atoms with Gasteiger partial charge in [0.2, 0.25) is 0 Å². The number of hydrogen-bond acceptors (Lipinski definition) is 3. The Balaban J connectivity index is 2.09. The largest absolute Gasteiger partial charge is 0.303 e. The number of unbranched alkanes of at least 4 members (excludes halogenated alkanes) is 1. The Morgan fingerprint density at radius 2 is 2.08 bits per heavy atom. The first-order valence-corrected chi connectivity index (χ1v) is 4.94. The Kier molecular flexibility index (Phi) is 4.58. The van der Waals surface area contributed by atoms with Crippen molar-refractivity contribution >= 4 is 0 Å². The monoisotopic (exact) mass is 172 g/mol. The fourth-order valence-electron chi connectivity index (χ4n) is 1.65. The molecular formula is C9H20N2O. The average molecular weight is 172 g/mol. The molecule has 0 atom stereocenters. The fourth-order valence-corrected chi connectivity index (χ4v) is 1.65. The normalized spacial score (nSPS) is 21.5. The van der Waals surface area contributed by atoms with Crippen molar-refractivity contribution in [1.82, 2.24) is 4.90 Å². The third-order valence-electron chi connectivity index (χ3n) is 2.55. The van der Waals surface area contributed by atoms with Crippen molar-refractivity contribution in [2.24, 2.45) is 5.90 Å². The van der Waals surface area contributed by atoms with E-state index in [4.69, 9.17) is 10.7 Å². The lowest BCUT2D eigenvalue weighted by atomic mass is 10.1. The Hall–Kier alpha value is -0.120. The molecule has 0 spiro atoms. The molecule has 0 aromatic rings. The highest BCUT2D eigenvalue weighted by atomic mass is 16.6. The van der Waals surface area contributed by atoms with Crippen molar-refractivity contribution in [3.63, 3.8) is 0 Å². The standard InChI is InChI=1S/C9H20N2O/c1-2-3-6-11-7-4-9(12-10)5-8-11/h9H,2-8,10H2,1H3. The van der Waals surface area contributed by atoms with Gasteiger partial charge in [0, 0.05) is 13.1 Å². The maximum atomic E-state index is 5.13. The minimum Gasteiger partial charge on any atom is -0.303 e.